The van der Waals surface area contributed by atoms with Crippen LogP contribution in [0.3, 0.4) is 0 Å². The molecule has 7 heteroatoms. The van der Waals surface area contributed by atoms with Gasteiger partial charge in [0.1, 0.15) is 17.1 Å². The van der Waals surface area contributed by atoms with Gasteiger partial charge in [0.05, 0.1) is 23.4 Å². The number of carbonyl (C=O) groups excluding carboxylic acids is 1. The number of fused-ring (bicyclic) bond motifs is 1. The van der Waals surface area contributed by atoms with Gasteiger partial charge in [-0.25, -0.2) is 5.43 Å². The van der Waals surface area contributed by atoms with Crippen molar-refractivity contribution in [1.29, 1.82) is 0 Å². The van der Waals surface area contributed by atoms with E-state index in [1.807, 2.05) is 44.2 Å². The zero-order chi connectivity index (χ0) is 20.8. The molecule has 0 fully saturated rings. The average Bonchev–Trinajstić information content (AvgIpc) is 3.13. The molecule has 0 spiro atoms. The van der Waals surface area contributed by atoms with Crippen molar-refractivity contribution in [1.82, 2.24) is 5.43 Å². The Hall–Kier alpha value is -2.80. The predicted molar refractivity (Wildman–Crippen MR) is 117 cm³/mol. The van der Waals surface area contributed by atoms with Crippen molar-refractivity contribution in [3.05, 3.63) is 58.3 Å². The molecule has 0 saturated heterocycles. The first kappa shape index (κ1) is 20.9. The molecule has 3 aromatic rings. The molecule has 1 aromatic heterocycles. The number of hydrogen-bond donors (Lipinski definition) is 1. The highest BCUT2D eigenvalue weighted by molar-refractivity contribution is 9.10. The van der Waals surface area contributed by atoms with E-state index in [-0.39, 0.29) is 11.9 Å². The number of carbonyl (C=O) groups is 1. The second-order valence-electron chi connectivity index (χ2n) is 6.47. The zero-order valence-corrected chi connectivity index (χ0v) is 18.2. The lowest BCUT2D eigenvalue weighted by Crippen LogP contribution is -2.16. The molecule has 0 bridgehead atoms. The standard InChI is InChI=1S/C22H23BrN2O4/c1-4-14(3)28-20-8-6-15(10-18(20)23)13-24-25-22(26)21-12-16-11-17(27-5-2)7-9-19(16)29-21/h6-14H,4-5H2,1-3H3,(H,25,26)/b24-13+/t14-/m0/s1. The van der Waals surface area contributed by atoms with E-state index in [2.05, 4.69) is 33.4 Å². The van der Waals surface area contributed by atoms with Gasteiger partial charge in [-0.1, -0.05) is 6.92 Å². The van der Waals surface area contributed by atoms with Crippen LogP contribution >= 0.6 is 15.9 Å². The Morgan fingerprint density at radius 1 is 1.24 bits per heavy atom. The summed E-state index contributed by atoms with van der Waals surface area (Å²) in [4.78, 5) is 12.3. The van der Waals surface area contributed by atoms with Crippen molar-refractivity contribution in [2.24, 2.45) is 5.10 Å². The summed E-state index contributed by atoms with van der Waals surface area (Å²) in [6.07, 6.45) is 2.63. The summed E-state index contributed by atoms with van der Waals surface area (Å²) >= 11 is 3.50. The summed E-state index contributed by atoms with van der Waals surface area (Å²) in [6.45, 7) is 6.59. The lowest BCUT2D eigenvalue weighted by Gasteiger charge is -2.14. The molecule has 0 aliphatic heterocycles. The van der Waals surface area contributed by atoms with Gasteiger partial charge in [-0.2, -0.15) is 5.10 Å². The minimum atomic E-state index is -0.425. The Balaban J connectivity index is 1.64. The number of rotatable bonds is 8. The molecule has 1 N–H and O–H groups in total. The lowest BCUT2D eigenvalue weighted by atomic mass is 10.2. The highest BCUT2D eigenvalue weighted by Gasteiger charge is 2.12. The number of nitrogens with zero attached hydrogens (tertiary/aromatic N) is 1. The molecule has 1 atom stereocenters. The van der Waals surface area contributed by atoms with E-state index in [0.717, 1.165) is 33.3 Å². The van der Waals surface area contributed by atoms with E-state index in [4.69, 9.17) is 13.9 Å². The SMILES string of the molecule is CCOc1ccc2oc(C(=O)N/N=C/c3ccc(O[C@@H](C)CC)c(Br)c3)cc2c1. The first-order chi connectivity index (χ1) is 14.0. The number of halogens is 1. The minimum absolute atomic E-state index is 0.138. The molecular weight excluding hydrogens is 436 g/mol. The summed E-state index contributed by atoms with van der Waals surface area (Å²) in [7, 11) is 0. The fourth-order valence-electron chi connectivity index (χ4n) is 2.60. The van der Waals surface area contributed by atoms with Gasteiger partial charge in [-0.05, 0) is 84.2 Å². The van der Waals surface area contributed by atoms with Crippen molar-refractivity contribution >= 4 is 39.0 Å². The molecule has 152 valence electrons. The van der Waals surface area contributed by atoms with Crippen LogP contribution in [-0.2, 0) is 0 Å². The Morgan fingerprint density at radius 2 is 2.07 bits per heavy atom. The lowest BCUT2D eigenvalue weighted by molar-refractivity contribution is 0.0929. The number of ether oxygens (including phenoxy) is 2. The maximum Gasteiger partial charge on any atom is 0.307 e. The van der Waals surface area contributed by atoms with Crippen LogP contribution in [0.1, 0.15) is 43.3 Å². The van der Waals surface area contributed by atoms with E-state index in [1.165, 1.54) is 0 Å². The summed E-state index contributed by atoms with van der Waals surface area (Å²) < 4.78 is 17.7. The van der Waals surface area contributed by atoms with Gasteiger partial charge in [-0.3, -0.25) is 4.79 Å². The Labute approximate surface area is 178 Å². The van der Waals surface area contributed by atoms with Crippen LogP contribution in [0.5, 0.6) is 11.5 Å². The molecule has 0 radical (unpaired) electrons. The topological polar surface area (TPSA) is 73.1 Å². The van der Waals surface area contributed by atoms with E-state index in [0.29, 0.717) is 12.2 Å². The van der Waals surface area contributed by atoms with Crippen LogP contribution < -0.4 is 14.9 Å². The van der Waals surface area contributed by atoms with Gasteiger partial charge in [0.25, 0.3) is 0 Å². The number of hydrazone groups is 1. The third kappa shape index (κ3) is 5.38. The highest BCUT2D eigenvalue weighted by atomic mass is 79.9. The summed E-state index contributed by atoms with van der Waals surface area (Å²) in [5.74, 6) is 1.27. The Morgan fingerprint density at radius 3 is 2.79 bits per heavy atom. The fraction of sp³-hybridized carbons (Fsp3) is 0.273. The normalized spacial score (nSPS) is 12.3. The van der Waals surface area contributed by atoms with Crippen LogP contribution in [0.4, 0.5) is 0 Å². The fourth-order valence-corrected chi connectivity index (χ4v) is 3.09. The van der Waals surface area contributed by atoms with E-state index >= 15 is 0 Å². The van der Waals surface area contributed by atoms with Crippen molar-refractivity contribution in [2.45, 2.75) is 33.3 Å². The van der Waals surface area contributed by atoms with E-state index in [9.17, 15) is 4.79 Å². The summed E-state index contributed by atoms with van der Waals surface area (Å²) in [6, 6.07) is 12.7. The minimum Gasteiger partial charge on any atom is -0.494 e. The average molecular weight is 459 g/mol. The van der Waals surface area contributed by atoms with Crippen LogP contribution in [0, 0.1) is 0 Å². The van der Waals surface area contributed by atoms with Crippen LogP contribution in [0.25, 0.3) is 11.0 Å². The monoisotopic (exact) mass is 458 g/mol. The third-order valence-electron chi connectivity index (χ3n) is 4.26. The maximum absolute atomic E-state index is 12.3. The summed E-state index contributed by atoms with van der Waals surface area (Å²) in [5.41, 5.74) is 3.92. The van der Waals surface area contributed by atoms with E-state index in [1.54, 1.807) is 18.3 Å². The van der Waals surface area contributed by atoms with Crippen molar-refractivity contribution in [3.63, 3.8) is 0 Å². The quantitative estimate of drug-likeness (QED) is 0.355. The zero-order valence-electron chi connectivity index (χ0n) is 16.6. The molecule has 0 saturated carbocycles. The number of furan rings is 1. The molecule has 1 amide bonds. The van der Waals surface area contributed by atoms with Gasteiger partial charge in [-0.15, -0.1) is 0 Å². The van der Waals surface area contributed by atoms with Gasteiger partial charge in [0.2, 0.25) is 0 Å². The second kappa shape index (κ2) is 9.60. The molecule has 1 heterocycles. The second-order valence-corrected chi connectivity index (χ2v) is 7.32. The van der Waals surface area contributed by atoms with Gasteiger partial charge >= 0.3 is 5.91 Å². The predicted octanol–water partition coefficient (Wildman–Crippen LogP) is 5.54. The highest BCUT2D eigenvalue weighted by Crippen LogP contribution is 2.27. The molecule has 0 unspecified atom stereocenters. The molecule has 3 rings (SSSR count). The molecule has 2 aromatic carbocycles. The first-order valence-corrected chi connectivity index (χ1v) is 10.3. The smallest absolute Gasteiger partial charge is 0.307 e. The molecular formula is C22H23BrN2O4. The largest absolute Gasteiger partial charge is 0.494 e. The van der Waals surface area contributed by atoms with Gasteiger partial charge in [0, 0.05) is 5.39 Å². The molecule has 29 heavy (non-hydrogen) atoms. The Bertz CT molecular complexity index is 1030. The molecule has 0 aliphatic carbocycles. The number of hydrogen-bond acceptors (Lipinski definition) is 5. The van der Waals surface area contributed by atoms with Gasteiger partial charge < -0.3 is 13.9 Å². The van der Waals surface area contributed by atoms with Crippen molar-refractivity contribution < 1.29 is 18.7 Å². The molecule has 0 aliphatic rings. The van der Waals surface area contributed by atoms with E-state index < -0.39 is 5.91 Å². The number of amides is 1. The molecule has 6 nitrogen and oxygen atoms in total. The van der Waals surface area contributed by atoms with Crippen molar-refractivity contribution in [2.75, 3.05) is 6.61 Å². The first-order valence-electron chi connectivity index (χ1n) is 9.46. The Kier molecular flexibility index (Phi) is 6.93. The third-order valence-corrected chi connectivity index (χ3v) is 4.88. The number of benzene rings is 2. The van der Waals surface area contributed by atoms with Crippen LogP contribution in [0.15, 0.2) is 56.5 Å². The summed E-state index contributed by atoms with van der Waals surface area (Å²) in [5, 5.41) is 4.81. The number of nitrogens with one attached hydrogen (secondary N) is 1. The van der Waals surface area contributed by atoms with Crippen molar-refractivity contribution in [3.8, 4) is 11.5 Å². The van der Waals surface area contributed by atoms with Crippen LogP contribution in [-0.4, -0.2) is 24.8 Å². The van der Waals surface area contributed by atoms with Crippen LogP contribution in [0.2, 0.25) is 0 Å². The van der Waals surface area contributed by atoms with Gasteiger partial charge in [0.15, 0.2) is 5.76 Å². The maximum atomic E-state index is 12.3.